The van der Waals surface area contributed by atoms with E-state index in [0.717, 1.165) is 12.4 Å². The molecule has 14 heavy (non-hydrogen) atoms. The summed E-state index contributed by atoms with van der Waals surface area (Å²) >= 11 is 0. The van der Waals surface area contributed by atoms with Gasteiger partial charge in [0.1, 0.15) is 5.75 Å². The molecule has 1 rings (SSSR count). The van der Waals surface area contributed by atoms with Crippen LogP contribution >= 0.6 is 0 Å². The fraction of sp³-hybridized carbons (Fsp3) is 0.462. The molecule has 1 aromatic rings. The van der Waals surface area contributed by atoms with E-state index in [0.29, 0.717) is 5.92 Å². The van der Waals surface area contributed by atoms with E-state index in [4.69, 9.17) is 4.74 Å². The standard InChI is InChI=1S/C13H19O/c1-10(2)9-14-13-7-5-6-12(8-13)11(3)4/h5-8,10H,9H2,1-4H3. The predicted octanol–water partition coefficient (Wildman–Crippen LogP) is 3.68. The molecule has 1 nitrogen and oxygen atoms in total. The van der Waals surface area contributed by atoms with E-state index >= 15 is 0 Å². The van der Waals surface area contributed by atoms with Crippen molar-refractivity contribution >= 4 is 0 Å². The Labute approximate surface area is 87.1 Å². The molecule has 0 atom stereocenters. The van der Waals surface area contributed by atoms with Gasteiger partial charge in [0.15, 0.2) is 0 Å². The fourth-order valence-corrected chi connectivity index (χ4v) is 1.16. The van der Waals surface area contributed by atoms with Gasteiger partial charge in [-0.3, -0.25) is 0 Å². The lowest BCUT2D eigenvalue weighted by Gasteiger charge is -2.11. The zero-order valence-corrected chi connectivity index (χ0v) is 9.50. The summed E-state index contributed by atoms with van der Waals surface area (Å²) in [4.78, 5) is 0. The molecule has 0 aliphatic carbocycles. The Morgan fingerprint density at radius 1 is 1.29 bits per heavy atom. The Morgan fingerprint density at radius 2 is 2.00 bits per heavy atom. The third kappa shape index (κ3) is 3.41. The van der Waals surface area contributed by atoms with Crippen molar-refractivity contribution in [3.8, 4) is 5.75 Å². The second-order valence-corrected chi connectivity index (χ2v) is 4.23. The molecule has 0 aromatic heterocycles. The minimum Gasteiger partial charge on any atom is -0.493 e. The summed E-state index contributed by atoms with van der Waals surface area (Å²) in [6, 6.07) is 8.25. The summed E-state index contributed by atoms with van der Waals surface area (Å²) in [6.45, 7) is 9.32. The SMILES string of the molecule is C[C](C)c1cccc(OCC(C)C)c1. The van der Waals surface area contributed by atoms with Crippen LogP contribution in [0, 0.1) is 11.8 Å². The first-order chi connectivity index (χ1) is 6.59. The largest absolute Gasteiger partial charge is 0.493 e. The Morgan fingerprint density at radius 3 is 2.57 bits per heavy atom. The molecule has 1 radical (unpaired) electrons. The van der Waals surface area contributed by atoms with E-state index < -0.39 is 0 Å². The Kier molecular flexibility index (Phi) is 3.99. The Bertz CT molecular complexity index is 276. The highest BCUT2D eigenvalue weighted by Gasteiger charge is 2.01. The molecule has 0 bridgehead atoms. The van der Waals surface area contributed by atoms with Crippen LogP contribution in [-0.2, 0) is 0 Å². The summed E-state index contributed by atoms with van der Waals surface area (Å²) < 4.78 is 5.64. The molecule has 0 aliphatic rings. The van der Waals surface area contributed by atoms with Gasteiger partial charge in [-0.05, 0) is 29.5 Å². The van der Waals surface area contributed by atoms with Gasteiger partial charge in [-0.15, -0.1) is 0 Å². The van der Waals surface area contributed by atoms with Crippen molar-refractivity contribution in [2.45, 2.75) is 27.7 Å². The molecular weight excluding hydrogens is 172 g/mol. The van der Waals surface area contributed by atoms with Gasteiger partial charge in [-0.2, -0.15) is 0 Å². The van der Waals surface area contributed by atoms with E-state index in [2.05, 4.69) is 39.8 Å². The average molecular weight is 191 g/mol. The molecule has 0 N–H and O–H groups in total. The zero-order chi connectivity index (χ0) is 10.6. The normalized spacial score (nSPS) is 11.0. The Balaban J connectivity index is 2.64. The van der Waals surface area contributed by atoms with Gasteiger partial charge >= 0.3 is 0 Å². The molecule has 0 spiro atoms. The zero-order valence-electron chi connectivity index (χ0n) is 9.50. The highest BCUT2D eigenvalue weighted by molar-refractivity contribution is 5.35. The molecule has 0 fully saturated rings. The van der Waals surface area contributed by atoms with Gasteiger partial charge in [-0.25, -0.2) is 0 Å². The topological polar surface area (TPSA) is 9.23 Å². The van der Waals surface area contributed by atoms with Crippen molar-refractivity contribution in [2.24, 2.45) is 5.92 Å². The fourth-order valence-electron chi connectivity index (χ4n) is 1.16. The van der Waals surface area contributed by atoms with E-state index in [1.54, 1.807) is 0 Å². The highest BCUT2D eigenvalue weighted by Crippen LogP contribution is 2.19. The van der Waals surface area contributed by atoms with Crippen molar-refractivity contribution in [3.05, 3.63) is 35.7 Å². The van der Waals surface area contributed by atoms with Crippen LogP contribution < -0.4 is 4.74 Å². The van der Waals surface area contributed by atoms with Crippen LogP contribution in [0.2, 0.25) is 0 Å². The van der Waals surface area contributed by atoms with Gasteiger partial charge in [0, 0.05) is 0 Å². The van der Waals surface area contributed by atoms with Gasteiger partial charge < -0.3 is 4.74 Å². The van der Waals surface area contributed by atoms with Crippen LogP contribution in [0.5, 0.6) is 5.75 Å². The van der Waals surface area contributed by atoms with E-state index in [1.165, 1.54) is 11.5 Å². The second kappa shape index (κ2) is 5.04. The third-order valence-electron chi connectivity index (χ3n) is 1.99. The molecule has 0 aliphatic heterocycles. The number of hydrogen-bond acceptors (Lipinski definition) is 1. The molecular formula is C13H19O. The summed E-state index contributed by atoms with van der Waals surface area (Å²) in [7, 11) is 0. The molecule has 0 heterocycles. The van der Waals surface area contributed by atoms with Crippen LogP contribution in [0.1, 0.15) is 33.3 Å². The number of rotatable bonds is 4. The van der Waals surface area contributed by atoms with Crippen LogP contribution in [0.25, 0.3) is 0 Å². The van der Waals surface area contributed by atoms with Crippen molar-refractivity contribution < 1.29 is 4.74 Å². The molecule has 0 saturated carbocycles. The van der Waals surface area contributed by atoms with Crippen molar-refractivity contribution in [1.82, 2.24) is 0 Å². The van der Waals surface area contributed by atoms with Crippen molar-refractivity contribution in [3.63, 3.8) is 0 Å². The molecule has 0 saturated heterocycles. The summed E-state index contributed by atoms with van der Waals surface area (Å²) in [5, 5.41) is 0. The third-order valence-corrected chi connectivity index (χ3v) is 1.99. The van der Waals surface area contributed by atoms with Crippen LogP contribution in [0.4, 0.5) is 0 Å². The first-order valence-electron chi connectivity index (χ1n) is 5.13. The van der Waals surface area contributed by atoms with Crippen molar-refractivity contribution in [1.29, 1.82) is 0 Å². The van der Waals surface area contributed by atoms with Crippen LogP contribution in [0.15, 0.2) is 24.3 Å². The lowest BCUT2D eigenvalue weighted by atomic mass is 10.0. The average Bonchev–Trinajstić information content (AvgIpc) is 2.15. The highest BCUT2D eigenvalue weighted by atomic mass is 16.5. The number of ether oxygens (including phenoxy) is 1. The monoisotopic (exact) mass is 191 g/mol. The van der Waals surface area contributed by atoms with Gasteiger partial charge in [-0.1, -0.05) is 39.8 Å². The van der Waals surface area contributed by atoms with Gasteiger partial charge in [0.05, 0.1) is 6.61 Å². The lowest BCUT2D eigenvalue weighted by molar-refractivity contribution is 0.271. The first-order valence-corrected chi connectivity index (χ1v) is 5.13. The minimum absolute atomic E-state index is 0.574. The van der Waals surface area contributed by atoms with Crippen LogP contribution in [-0.4, -0.2) is 6.61 Å². The summed E-state index contributed by atoms with van der Waals surface area (Å²) in [6.07, 6.45) is 0. The number of hydrogen-bond donors (Lipinski definition) is 0. The van der Waals surface area contributed by atoms with E-state index in [9.17, 15) is 0 Å². The minimum atomic E-state index is 0.574. The summed E-state index contributed by atoms with van der Waals surface area (Å²) in [5.41, 5.74) is 1.26. The van der Waals surface area contributed by atoms with E-state index in [-0.39, 0.29) is 0 Å². The maximum atomic E-state index is 5.64. The quantitative estimate of drug-likeness (QED) is 0.705. The second-order valence-electron chi connectivity index (χ2n) is 4.23. The smallest absolute Gasteiger partial charge is 0.119 e. The predicted molar refractivity (Wildman–Crippen MR) is 60.5 cm³/mol. The molecule has 1 aromatic carbocycles. The van der Waals surface area contributed by atoms with E-state index in [1.807, 2.05) is 12.1 Å². The van der Waals surface area contributed by atoms with Crippen molar-refractivity contribution in [2.75, 3.05) is 6.61 Å². The maximum absolute atomic E-state index is 5.64. The van der Waals surface area contributed by atoms with Gasteiger partial charge in [0.25, 0.3) is 0 Å². The first kappa shape index (κ1) is 11.1. The maximum Gasteiger partial charge on any atom is 0.119 e. The lowest BCUT2D eigenvalue weighted by Crippen LogP contribution is -2.04. The van der Waals surface area contributed by atoms with Crippen LogP contribution in [0.3, 0.4) is 0 Å². The summed E-state index contributed by atoms with van der Waals surface area (Å²) in [5.74, 6) is 2.86. The molecule has 77 valence electrons. The molecule has 0 unspecified atom stereocenters. The molecule has 1 heteroatoms. The molecule has 0 amide bonds. The van der Waals surface area contributed by atoms with Gasteiger partial charge in [0.2, 0.25) is 0 Å². The Hall–Kier alpha value is -0.980. The number of benzene rings is 1.